The summed E-state index contributed by atoms with van der Waals surface area (Å²) in [6.07, 6.45) is 0. The fraction of sp³-hybridized carbons (Fsp3) is 0.310. The van der Waals surface area contributed by atoms with Gasteiger partial charge in [0.15, 0.2) is 0 Å². The molecule has 0 spiro atoms. The molecule has 0 saturated carbocycles. The second-order valence-electron chi connectivity index (χ2n) is 8.97. The van der Waals surface area contributed by atoms with Crippen molar-refractivity contribution >= 4 is 42.1 Å². The zero-order valence-electron chi connectivity index (χ0n) is 21.7. The Morgan fingerprint density at radius 2 is 1.14 bits per heavy atom. The average molecular weight is 603 g/mol. The molecule has 0 aromatic heterocycles. The maximum Gasteiger partial charge on any atom is -0.147 e. The quantitative estimate of drug-likeness (QED) is 0.428. The molecule has 0 bridgehead atoms. The monoisotopic (exact) mass is 602 g/mol. The number of rotatable bonds is 4. The first-order valence-corrected chi connectivity index (χ1v) is 15.1. The van der Waals surface area contributed by atoms with Gasteiger partial charge in [0.2, 0.25) is 0 Å². The van der Waals surface area contributed by atoms with Crippen molar-refractivity contribution in [2.24, 2.45) is 0 Å². The number of methoxy groups -OCH3 is 1. The van der Waals surface area contributed by atoms with Crippen LogP contribution < -0.4 is 23.7 Å². The SMILES string of the molecule is COc1ccccc1[CH]=[Ru](=[C]1NCCN1)([c]1c(C)cc(C)cc1C)[c]1c(C)cc(C)cc1C.Cl.Cl. The van der Waals surface area contributed by atoms with Crippen LogP contribution in [0.5, 0.6) is 5.75 Å². The van der Waals surface area contributed by atoms with Crippen LogP contribution in [-0.2, 0) is 13.9 Å². The molecule has 35 heavy (non-hydrogen) atoms. The Hall–Kier alpha value is -1.68. The minimum Gasteiger partial charge on any atom is -0.147 e. The predicted molar refractivity (Wildman–Crippen MR) is 154 cm³/mol. The van der Waals surface area contributed by atoms with E-state index in [1.54, 1.807) is 7.11 Å². The Morgan fingerprint density at radius 1 is 0.714 bits per heavy atom. The van der Waals surface area contributed by atoms with E-state index in [2.05, 4.69) is 99.2 Å². The molecule has 6 heteroatoms. The molecule has 3 aromatic rings. The third kappa shape index (κ3) is 5.53. The van der Waals surface area contributed by atoms with Crippen molar-refractivity contribution in [3.63, 3.8) is 0 Å². The van der Waals surface area contributed by atoms with Crippen molar-refractivity contribution in [1.29, 1.82) is 0 Å². The van der Waals surface area contributed by atoms with E-state index in [0.29, 0.717) is 0 Å². The van der Waals surface area contributed by atoms with E-state index in [0.717, 1.165) is 24.4 Å². The number of halogens is 2. The molecule has 2 N–H and O–H groups in total. The molecule has 3 aromatic carbocycles. The first-order valence-electron chi connectivity index (χ1n) is 11.5. The summed E-state index contributed by atoms with van der Waals surface area (Å²) in [6, 6.07) is 17.8. The van der Waals surface area contributed by atoms with E-state index < -0.39 is 13.9 Å². The Labute approximate surface area is 225 Å². The van der Waals surface area contributed by atoms with Gasteiger partial charge in [-0.25, -0.2) is 0 Å². The first kappa shape index (κ1) is 29.6. The van der Waals surface area contributed by atoms with Crippen LogP contribution in [0.1, 0.15) is 38.9 Å². The molecule has 1 saturated heterocycles. The molecule has 4 rings (SSSR count). The van der Waals surface area contributed by atoms with Crippen LogP contribution in [0, 0.1) is 41.5 Å². The summed E-state index contributed by atoms with van der Waals surface area (Å²) >= 11 is -3.12. The zero-order valence-corrected chi connectivity index (χ0v) is 25.1. The molecule has 0 radical (unpaired) electrons. The molecule has 1 aliphatic rings. The van der Waals surface area contributed by atoms with Crippen molar-refractivity contribution in [2.75, 3.05) is 20.2 Å². The number of hydrogen-bond donors (Lipinski definition) is 2. The van der Waals surface area contributed by atoms with Crippen LogP contribution in [0.4, 0.5) is 0 Å². The summed E-state index contributed by atoms with van der Waals surface area (Å²) in [5.74, 6) is 0.922. The van der Waals surface area contributed by atoms with E-state index in [1.807, 2.05) is 6.07 Å². The Balaban J connectivity index is 0.00000216. The summed E-state index contributed by atoms with van der Waals surface area (Å²) < 4.78 is 12.7. The Kier molecular flexibility index (Phi) is 10.2. The number of benzene rings is 3. The number of nitrogens with one attached hydrogen (secondary N) is 2. The van der Waals surface area contributed by atoms with Crippen molar-refractivity contribution in [3.8, 4) is 5.75 Å². The van der Waals surface area contributed by atoms with Gasteiger partial charge in [-0.05, 0) is 0 Å². The van der Waals surface area contributed by atoms with Gasteiger partial charge in [-0.3, -0.25) is 0 Å². The van der Waals surface area contributed by atoms with Gasteiger partial charge in [0.25, 0.3) is 0 Å². The van der Waals surface area contributed by atoms with Gasteiger partial charge in [0, 0.05) is 0 Å². The molecule has 3 nitrogen and oxygen atoms in total. The van der Waals surface area contributed by atoms with Crippen LogP contribution in [-0.4, -0.2) is 29.2 Å². The summed E-state index contributed by atoms with van der Waals surface area (Å²) in [7, 11) is 1.77. The van der Waals surface area contributed by atoms with E-state index >= 15 is 0 Å². The first-order chi connectivity index (χ1) is 15.8. The fourth-order valence-corrected chi connectivity index (χ4v) is 14.6. The summed E-state index contributed by atoms with van der Waals surface area (Å²) in [6.45, 7) is 15.4. The Morgan fingerprint density at radius 3 is 1.57 bits per heavy atom. The molecular formula is C29H38Cl2N2ORu. The van der Waals surface area contributed by atoms with Crippen LogP contribution in [0.3, 0.4) is 0 Å². The van der Waals surface area contributed by atoms with E-state index in [1.165, 1.54) is 46.1 Å². The van der Waals surface area contributed by atoms with Gasteiger partial charge in [0.05, 0.1) is 0 Å². The average Bonchev–Trinajstić information content (AvgIpc) is 3.27. The number of para-hydroxylation sites is 1. The molecular weight excluding hydrogens is 564 g/mol. The number of ether oxygens (including phenoxy) is 1. The predicted octanol–water partition coefficient (Wildman–Crippen LogP) is 4.62. The molecule has 0 amide bonds. The van der Waals surface area contributed by atoms with Gasteiger partial charge in [-0.2, -0.15) is 0 Å². The second-order valence-corrected chi connectivity index (χ2v) is 14.9. The van der Waals surface area contributed by atoms with Crippen LogP contribution >= 0.6 is 24.8 Å². The normalized spacial score (nSPS) is 13.6. The fourth-order valence-electron chi connectivity index (χ4n) is 5.13. The standard InChI is InChI=1S/2C9H11.C8H8O.C3H6N2.2ClH.Ru/c2*1-7-4-8(2)6-9(3)5-7;1-7-5-3-4-6-8(7)9-2;1-2-5-3-4-1;;;/h2*4-5H,1-3H3;1,3-6H,2H3;4-5H,1-2H2;2*1H;. The van der Waals surface area contributed by atoms with E-state index in [4.69, 9.17) is 4.74 Å². The van der Waals surface area contributed by atoms with Gasteiger partial charge < -0.3 is 0 Å². The molecule has 0 atom stereocenters. The van der Waals surface area contributed by atoms with Crippen molar-refractivity contribution in [1.82, 2.24) is 10.6 Å². The molecule has 0 unspecified atom stereocenters. The van der Waals surface area contributed by atoms with Crippen LogP contribution in [0.2, 0.25) is 0 Å². The minimum atomic E-state index is -3.12. The maximum absolute atomic E-state index is 5.83. The number of hydrogen-bond acceptors (Lipinski definition) is 3. The summed E-state index contributed by atoms with van der Waals surface area (Å²) in [5.41, 5.74) is 9.26. The summed E-state index contributed by atoms with van der Waals surface area (Å²) in [4.78, 5) is 0. The topological polar surface area (TPSA) is 33.3 Å². The van der Waals surface area contributed by atoms with Gasteiger partial charge in [0.1, 0.15) is 0 Å². The molecule has 1 fully saturated rings. The minimum absolute atomic E-state index is 0. The summed E-state index contributed by atoms with van der Waals surface area (Å²) in [5, 5.41) is 7.60. The van der Waals surface area contributed by atoms with Crippen LogP contribution in [0.25, 0.3) is 0 Å². The maximum atomic E-state index is 5.83. The zero-order chi connectivity index (χ0) is 23.8. The van der Waals surface area contributed by atoms with Crippen LogP contribution in [0.15, 0.2) is 48.5 Å². The molecule has 192 valence electrons. The van der Waals surface area contributed by atoms with E-state index in [-0.39, 0.29) is 24.8 Å². The number of aryl methyl sites for hydroxylation is 6. The van der Waals surface area contributed by atoms with Crippen molar-refractivity contribution < 1.29 is 18.6 Å². The molecule has 0 aliphatic carbocycles. The van der Waals surface area contributed by atoms with Crippen molar-refractivity contribution in [3.05, 3.63) is 87.5 Å². The van der Waals surface area contributed by atoms with Crippen molar-refractivity contribution in [2.45, 2.75) is 41.5 Å². The Bertz CT molecular complexity index is 1240. The van der Waals surface area contributed by atoms with Gasteiger partial charge in [-0.1, -0.05) is 0 Å². The molecule has 1 heterocycles. The van der Waals surface area contributed by atoms with Gasteiger partial charge >= 0.3 is 201 Å². The smallest absolute Gasteiger partial charge is 0.147 e. The largest absolute Gasteiger partial charge is 0.147 e. The van der Waals surface area contributed by atoms with Gasteiger partial charge in [-0.15, -0.1) is 24.8 Å². The third-order valence-corrected chi connectivity index (χ3v) is 14.8. The van der Waals surface area contributed by atoms with E-state index in [9.17, 15) is 0 Å². The third-order valence-electron chi connectivity index (χ3n) is 6.04. The molecule has 1 aliphatic heterocycles. The second kappa shape index (κ2) is 12.0.